The van der Waals surface area contributed by atoms with E-state index in [1.165, 1.54) is 11.7 Å². The van der Waals surface area contributed by atoms with Crippen molar-refractivity contribution in [1.82, 2.24) is 4.98 Å². The zero-order valence-electron chi connectivity index (χ0n) is 8.04. The first kappa shape index (κ1) is 12.1. The summed E-state index contributed by atoms with van der Waals surface area (Å²) in [6.45, 7) is -0.125. The third-order valence-corrected chi connectivity index (χ3v) is 2.10. The molecule has 1 aromatic rings. The number of aromatic nitrogens is 1. The number of carbonyl (C=O) groups excluding carboxylic acids is 1. The highest BCUT2D eigenvalue weighted by molar-refractivity contribution is 7.13. The van der Waals surface area contributed by atoms with Crippen LogP contribution in [0.25, 0.3) is 0 Å². The minimum atomic E-state index is -1.01. The molecular formula is C8H8N3O4S. The summed E-state index contributed by atoms with van der Waals surface area (Å²) in [5.74, 6) is -1.01. The molecule has 0 spiro atoms. The fourth-order valence-electron chi connectivity index (χ4n) is 0.757. The molecule has 0 aliphatic rings. The molecule has 0 unspecified atom stereocenters. The van der Waals surface area contributed by atoms with E-state index in [0.717, 1.165) is 11.3 Å². The number of anilines is 1. The Kier molecular flexibility index (Phi) is 4.40. The van der Waals surface area contributed by atoms with Crippen LogP contribution in [0.15, 0.2) is 10.5 Å². The third-order valence-electron chi connectivity index (χ3n) is 1.42. The smallest absolute Gasteiger partial charge is 0.306 e. The van der Waals surface area contributed by atoms with Crippen LogP contribution in [0.3, 0.4) is 0 Å². The van der Waals surface area contributed by atoms with E-state index in [-0.39, 0.29) is 24.4 Å². The number of carboxylic acid groups (broad SMARTS) is 1. The number of aliphatic carboxylic acids is 1. The average Bonchev–Trinajstić information content (AvgIpc) is 2.64. The van der Waals surface area contributed by atoms with Crippen LogP contribution in [0.1, 0.15) is 12.1 Å². The number of nitrogens with zero attached hydrogens (tertiary/aromatic N) is 2. The van der Waals surface area contributed by atoms with Gasteiger partial charge in [-0.1, -0.05) is 5.16 Å². The molecule has 7 nitrogen and oxygen atoms in total. The molecule has 0 aliphatic heterocycles. The standard InChI is InChI=1S/C8H8N3O4S/c9-8-10-6(4-16-8)5(3-12)11-15-2-1-7(13)14/h4H,1-2H2,(H2,9,10)(H,13,14)/b11-5-. The van der Waals surface area contributed by atoms with Crippen LogP contribution >= 0.6 is 11.3 Å². The molecule has 1 rings (SSSR count). The number of carbonyl (C=O) groups is 1. The first-order valence-electron chi connectivity index (χ1n) is 4.14. The second-order valence-corrected chi connectivity index (χ2v) is 3.48. The highest BCUT2D eigenvalue weighted by Gasteiger charge is 2.08. The first-order chi connectivity index (χ1) is 7.63. The van der Waals surface area contributed by atoms with Crippen LogP contribution in [0.2, 0.25) is 0 Å². The predicted molar refractivity (Wildman–Crippen MR) is 57.0 cm³/mol. The molecule has 3 N–H and O–H groups in total. The summed E-state index contributed by atoms with van der Waals surface area (Å²) in [4.78, 5) is 29.1. The maximum absolute atomic E-state index is 10.5. The molecule has 1 aromatic heterocycles. The molecule has 0 saturated heterocycles. The van der Waals surface area contributed by atoms with Gasteiger partial charge in [-0.05, 0) is 0 Å². The number of nitrogens with two attached hydrogens (primary N) is 1. The molecule has 0 aromatic carbocycles. The maximum atomic E-state index is 10.5. The van der Waals surface area contributed by atoms with E-state index >= 15 is 0 Å². The van der Waals surface area contributed by atoms with Gasteiger partial charge in [-0.15, -0.1) is 11.3 Å². The monoisotopic (exact) mass is 242 g/mol. The van der Waals surface area contributed by atoms with Crippen LogP contribution in [-0.2, 0) is 14.4 Å². The second-order valence-electron chi connectivity index (χ2n) is 2.59. The summed E-state index contributed by atoms with van der Waals surface area (Å²) in [5, 5.41) is 13.6. The van der Waals surface area contributed by atoms with Crippen molar-refractivity contribution in [3.8, 4) is 0 Å². The molecule has 1 radical (unpaired) electrons. The largest absolute Gasteiger partial charge is 0.481 e. The molecule has 0 aliphatic carbocycles. The summed E-state index contributed by atoms with van der Waals surface area (Å²) >= 11 is 1.15. The van der Waals surface area contributed by atoms with Gasteiger partial charge in [0.1, 0.15) is 12.3 Å². The molecule has 8 heteroatoms. The van der Waals surface area contributed by atoms with E-state index in [1.54, 1.807) is 0 Å². The van der Waals surface area contributed by atoms with Gasteiger partial charge in [-0.25, -0.2) is 4.98 Å². The molecule has 0 saturated carbocycles. The minimum Gasteiger partial charge on any atom is -0.481 e. The molecule has 0 bridgehead atoms. The number of oxime groups is 1. The van der Waals surface area contributed by atoms with E-state index in [2.05, 4.69) is 15.0 Å². The number of nitrogen functional groups attached to an aromatic ring is 1. The normalized spacial score (nSPS) is 11.1. The summed E-state index contributed by atoms with van der Waals surface area (Å²) in [6, 6.07) is 0. The topological polar surface area (TPSA) is 115 Å². The van der Waals surface area contributed by atoms with Crippen molar-refractivity contribution in [2.24, 2.45) is 5.16 Å². The van der Waals surface area contributed by atoms with Crippen molar-refractivity contribution >= 4 is 34.4 Å². The minimum absolute atomic E-state index is 0.125. The lowest BCUT2D eigenvalue weighted by atomic mass is 10.3. The van der Waals surface area contributed by atoms with Gasteiger partial charge in [0.05, 0.1) is 6.42 Å². The van der Waals surface area contributed by atoms with Crippen LogP contribution < -0.4 is 5.73 Å². The van der Waals surface area contributed by atoms with Crippen LogP contribution in [0.4, 0.5) is 5.13 Å². The van der Waals surface area contributed by atoms with Gasteiger partial charge in [0, 0.05) is 5.38 Å². The van der Waals surface area contributed by atoms with Crippen molar-refractivity contribution in [3.63, 3.8) is 0 Å². The molecule has 16 heavy (non-hydrogen) atoms. The lowest BCUT2D eigenvalue weighted by Crippen LogP contribution is -2.06. The van der Waals surface area contributed by atoms with Crippen molar-refractivity contribution in [2.45, 2.75) is 6.42 Å². The first-order valence-corrected chi connectivity index (χ1v) is 5.02. The van der Waals surface area contributed by atoms with Crippen LogP contribution in [0, 0.1) is 0 Å². The van der Waals surface area contributed by atoms with Gasteiger partial charge in [0.25, 0.3) is 6.29 Å². The Labute approximate surface area is 94.5 Å². The Balaban J connectivity index is 2.57. The van der Waals surface area contributed by atoms with E-state index in [4.69, 9.17) is 10.8 Å². The lowest BCUT2D eigenvalue weighted by molar-refractivity contribution is -0.138. The molecule has 85 valence electrons. The SMILES string of the molecule is Nc1nc(/C([C]=O)=N\OCCC(=O)O)cs1. The Morgan fingerprint density at radius 2 is 2.50 bits per heavy atom. The number of hydrogen-bond acceptors (Lipinski definition) is 7. The quantitative estimate of drug-likeness (QED) is 0.413. The zero-order chi connectivity index (χ0) is 12.0. The third kappa shape index (κ3) is 3.65. The summed E-state index contributed by atoms with van der Waals surface area (Å²) in [6.07, 6.45) is 1.34. The second kappa shape index (κ2) is 5.81. The Morgan fingerprint density at radius 1 is 1.75 bits per heavy atom. The summed E-state index contributed by atoms with van der Waals surface area (Å²) < 4.78 is 0. The van der Waals surface area contributed by atoms with Crippen LogP contribution in [-0.4, -0.2) is 34.7 Å². The van der Waals surface area contributed by atoms with Gasteiger partial charge in [-0.3, -0.25) is 9.59 Å². The van der Waals surface area contributed by atoms with Gasteiger partial charge < -0.3 is 15.7 Å². The highest BCUT2D eigenvalue weighted by Crippen LogP contribution is 2.11. The summed E-state index contributed by atoms with van der Waals surface area (Å²) in [5.41, 5.74) is 5.49. The van der Waals surface area contributed by atoms with Crippen molar-refractivity contribution in [1.29, 1.82) is 0 Å². The van der Waals surface area contributed by atoms with Crippen molar-refractivity contribution < 1.29 is 19.5 Å². The van der Waals surface area contributed by atoms with E-state index < -0.39 is 5.97 Å². The maximum Gasteiger partial charge on any atom is 0.306 e. The molecular weight excluding hydrogens is 234 g/mol. The fraction of sp³-hybridized carbons (Fsp3) is 0.250. The highest BCUT2D eigenvalue weighted by atomic mass is 32.1. The molecule has 0 atom stereocenters. The van der Waals surface area contributed by atoms with Crippen LogP contribution in [0.5, 0.6) is 0 Å². The fourth-order valence-corrected chi connectivity index (χ4v) is 1.30. The lowest BCUT2D eigenvalue weighted by Gasteiger charge is -1.96. The Morgan fingerprint density at radius 3 is 3.00 bits per heavy atom. The van der Waals surface area contributed by atoms with Crippen molar-refractivity contribution in [2.75, 3.05) is 12.3 Å². The van der Waals surface area contributed by atoms with E-state index in [9.17, 15) is 9.59 Å². The average molecular weight is 242 g/mol. The van der Waals surface area contributed by atoms with Gasteiger partial charge in [-0.2, -0.15) is 0 Å². The molecule has 0 amide bonds. The van der Waals surface area contributed by atoms with Gasteiger partial charge in [0.2, 0.25) is 0 Å². The number of carboxylic acids is 1. The number of hydrogen-bond donors (Lipinski definition) is 2. The van der Waals surface area contributed by atoms with E-state index in [0.29, 0.717) is 5.13 Å². The van der Waals surface area contributed by atoms with Crippen molar-refractivity contribution in [3.05, 3.63) is 11.1 Å². The number of rotatable bonds is 6. The molecule has 0 fully saturated rings. The Hall–Kier alpha value is -1.96. The molecule has 1 heterocycles. The predicted octanol–water partition coefficient (Wildman–Crippen LogP) is 0.0304. The zero-order valence-corrected chi connectivity index (χ0v) is 8.86. The van der Waals surface area contributed by atoms with Gasteiger partial charge in [0.15, 0.2) is 10.8 Å². The Bertz CT molecular complexity index is 415. The number of thiazole rings is 1. The van der Waals surface area contributed by atoms with E-state index in [1.807, 2.05) is 0 Å². The summed E-state index contributed by atoms with van der Waals surface area (Å²) in [7, 11) is 0. The van der Waals surface area contributed by atoms with Gasteiger partial charge >= 0.3 is 5.97 Å².